The molecule has 1 aromatic heterocycles. The van der Waals surface area contributed by atoms with Crippen LogP contribution in [-0.2, 0) is 6.54 Å². The summed E-state index contributed by atoms with van der Waals surface area (Å²) in [7, 11) is 4.04. The van der Waals surface area contributed by atoms with Gasteiger partial charge in [-0.2, -0.15) is 0 Å². The van der Waals surface area contributed by atoms with Gasteiger partial charge in [-0.05, 0) is 26.2 Å². The quantitative estimate of drug-likeness (QED) is 0.759. The molecule has 0 fully saturated rings. The average Bonchev–Trinajstić information content (AvgIpc) is 2.47. The van der Waals surface area contributed by atoms with Crippen LogP contribution in [0.1, 0.15) is 5.69 Å². The summed E-state index contributed by atoms with van der Waals surface area (Å²) in [6, 6.07) is 7.60. The largest absolute Gasteiger partial charge is 0.506 e. The van der Waals surface area contributed by atoms with E-state index in [0.29, 0.717) is 5.75 Å². The Morgan fingerprint density at radius 1 is 1.36 bits per heavy atom. The average molecular weight is 190 g/mol. The van der Waals surface area contributed by atoms with Crippen molar-refractivity contribution in [3.8, 4) is 5.75 Å². The molecule has 0 saturated carbocycles. The number of nitrogens with zero attached hydrogens (tertiary/aromatic N) is 1. The van der Waals surface area contributed by atoms with Crippen molar-refractivity contribution in [1.29, 1.82) is 0 Å². The van der Waals surface area contributed by atoms with Crippen LogP contribution in [0.5, 0.6) is 5.75 Å². The fourth-order valence-electron chi connectivity index (χ4n) is 1.62. The number of hydrogen-bond acceptors (Lipinski definition) is 2. The smallest absolute Gasteiger partial charge is 0.139 e. The Kier molecular flexibility index (Phi) is 2.17. The molecule has 2 aromatic rings. The molecular formula is C11H14N2O. The number of H-pyrrole nitrogens is 1. The molecule has 0 aliphatic rings. The molecule has 1 heterocycles. The second-order valence-corrected chi connectivity index (χ2v) is 3.77. The van der Waals surface area contributed by atoms with E-state index in [0.717, 1.165) is 23.1 Å². The third-order valence-corrected chi connectivity index (χ3v) is 2.18. The van der Waals surface area contributed by atoms with Crippen molar-refractivity contribution < 1.29 is 5.11 Å². The summed E-state index contributed by atoms with van der Waals surface area (Å²) in [6.45, 7) is 0.855. The van der Waals surface area contributed by atoms with Gasteiger partial charge in [-0.1, -0.05) is 12.1 Å². The van der Waals surface area contributed by atoms with Gasteiger partial charge >= 0.3 is 0 Å². The van der Waals surface area contributed by atoms with Gasteiger partial charge in [0.2, 0.25) is 0 Å². The summed E-state index contributed by atoms with van der Waals surface area (Å²) in [6.07, 6.45) is 0. The van der Waals surface area contributed by atoms with Gasteiger partial charge < -0.3 is 15.0 Å². The van der Waals surface area contributed by atoms with Crippen molar-refractivity contribution in [2.75, 3.05) is 14.1 Å². The maximum Gasteiger partial charge on any atom is 0.139 e. The highest BCUT2D eigenvalue weighted by Gasteiger charge is 2.04. The minimum Gasteiger partial charge on any atom is -0.506 e. The van der Waals surface area contributed by atoms with E-state index in [4.69, 9.17) is 0 Å². The second kappa shape index (κ2) is 3.35. The van der Waals surface area contributed by atoms with Crippen molar-refractivity contribution in [3.63, 3.8) is 0 Å². The maximum atomic E-state index is 9.57. The molecule has 0 spiro atoms. The van der Waals surface area contributed by atoms with Gasteiger partial charge in [0, 0.05) is 17.6 Å². The number of aromatic amines is 1. The lowest BCUT2D eigenvalue weighted by atomic mass is 10.2. The maximum absolute atomic E-state index is 9.57. The number of phenolic OH excluding ortho intramolecular Hbond substituents is 1. The first-order valence-corrected chi connectivity index (χ1v) is 4.61. The Balaban J connectivity index is 2.46. The summed E-state index contributed by atoms with van der Waals surface area (Å²) in [5.41, 5.74) is 1.94. The molecule has 3 nitrogen and oxygen atoms in total. The minimum absolute atomic E-state index is 0.313. The molecule has 1 aromatic carbocycles. The summed E-state index contributed by atoms with van der Waals surface area (Å²) < 4.78 is 0. The molecular weight excluding hydrogens is 176 g/mol. The fraction of sp³-hybridized carbons (Fsp3) is 0.273. The highest BCUT2D eigenvalue weighted by Crippen LogP contribution is 2.24. The van der Waals surface area contributed by atoms with Gasteiger partial charge in [0.05, 0.1) is 5.52 Å². The van der Waals surface area contributed by atoms with Gasteiger partial charge in [-0.25, -0.2) is 0 Å². The van der Waals surface area contributed by atoms with E-state index in [2.05, 4.69) is 16.0 Å². The molecule has 0 radical (unpaired) electrons. The number of phenols is 1. The Morgan fingerprint density at radius 3 is 2.79 bits per heavy atom. The molecule has 2 N–H and O–H groups in total. The number of aromatic nitrogens is 1. The highest BCUT2D eigenvalue weighted by molar-refractivity contribution is 5.85. The molecule has 74 valence electrons. The molecule has 0 unspecified atom stereocenters. The van der Waals surface area contributed by atoms with Gasteiger partial charge in [-0.3, -0.25) is 0 Å². The third kappa shape index (κ3) is 1.59. The number of benzene rings is 1. The molecule has 0 saturated heterocycles. The topological polar surface area (TPSA) is 39.3 Å². The first kappa shape index (κ1) is 9.09. The van der Waals surface area contributed by atoms with E-state index in [1.54, 1.807) is 6.07 Å². The zero-order valence-corrected chi connectivity index (χ0v) is 8.41. The summed E-state index contributed by atoms with van der Waals surface area (Å²) in [5, 5.41) is 10.6. The molecule has 0 aliphatic carbocycles. The van der Waals surface area contributed by atoms with E-state index < -0.39 is 0 Å². The van der Waals surface area contributed by atoms with E-state index in [9.17, 15) is 5.11 Å². The molecule has 2 rings (SSSR count). The van der Waals surface area contributed by atoms with E-state index >= 15 is 0 Å². The normalized spacial score (nSPS) is 11.4. The predicted molar refractivity (Wildman–Crippen MR) is 57.4 cm³/mol. The van der Waals surface area contributed by atoms with Crippen LogP contribution in [0.4, 0.5) is 0 Å². The number of para-hydroxylation sites is 1. The van der Waals surface area contributed by atoms with Crippen LogP contribution in [0.3, 0.4) is 0 Å². The summed E-state index contributed by atoms with van der Waals surface area (Å²) >= 11 is 0. The number of fused-ring (bicyclic) bond motifs is 1. The second-order valence-electron chi connectivity index (χ2n) is 3.77. The minimum atomic E-state index is 0.313. The van der Waals surface area contributed by atoms with E-state index in [1.165, 1.54) is 0 Å². The number of nitrogens with one attached hydrogen (secondary N) is 1. The molecule has 0 atom stereocenters. The predicted octanol–water partition coefficient (Wildman–Crippen LogP) is 1.94. The van der Waals surface area contributed by atoms with Gasteiger partial charge in [-0.15, -0.1) is 0 Å². The zero-order chi connectivity index (χ0) is 10.1. The van der Waals surface area contributed by atoms with Crippen molar-refractivity contribution in [2.45, 2.75) is 6.54 Å². The molecule has 0 bridgehead atoms. The number of aromatic hydroxyl groups is 1. The Morgan fingerprint density at radius 2 is 2.14 bits per heavy atom. The lowest BCUT2D eigenvalue weighted by Gasteiger charge is -2.06. The van der Waals surface area contributed by atoms with Crippen LogP contribution in [0.2, 0.25) is 0 Å². The fourth-order valence-corrected chi connectivity index (χ4v) is 1.62. The lowest BCUT2D eigenvalue weighted by Crippen LogP contribution is -2.10. The van der Waals surface area contributed by atoms with Crippen LogP contribution >= 0.6 is 0 Å². The highest BCUT2D eigenvalue weighted by atomic mass is 16.3. The monoisotopic (exact) mass is 190 g/mol. The molecule has 0 amide bonds. The van der Waals surface area contributed by atoms with Crippen LogP contribution in [0.15, 0.2) is 24.3 Å². The summed E-state index contributed by atoms with van der Waals surface area (Å²) in [5.74, 6) is 0.313. The van der Waals surface area contributed by atoms with Gasteiger partial charge in [0.1, 0.15) is 5.75 Å². The van der Waals surface area contributed by atoms with Crippen LogP contribution in [-0.4, -0.2) is 29.1 Å². The molecule has 0 aliphatic heterocycles. The first-order valence-electron chi connectivity index (χ1n) is 4.61. The van der Waals surface area contributed by atoms with Crippen LogP contribution in [0.25, 0.3) is 10.9 Å². The number of hydrogen-bond donors (Lipinski definition) is 2. The van der Waals surface area contributed by atoms with Gasteiger partial charge in [0.15, 0.2) is 0 Å². The van der Waals surface area contributed by atoms with Crippen LogP contribution in [0, 0.1) is 0 Å². The standard InChI is InChI=1S/C11H14N2O/c1-13(2)7-9-6-8-4-3-5-10(14)11(8)12-9/h3-6,12,14H,7H2,1-2H3. The molecule has 3 heteroatoms. The van der Waals surface area contributed by atoms with Crippen molar-refractivity contribution >= 4 is 10.9 Å². The van der Waals surface area contributed by atoms with Gasteiger partial charge in [0.25, 0.3) is 0 Å². The lowest BCUT2D eigenvalue weighted by molar-refractivity contribution is 0.398. The Bertz CT molecular complexity index is 445. The number of rotatable bonds is 2. The Hall–Kier alpha value is -1.48. The van der Waals surface area contributed by atoms with E-state index in [-0.39, 0.29) is 0 Å². The van der Waals surface area contributed by atoms with Crippen molar-refractivity contribution in [2.24, 2.45) is 0 Å². The van der Waals surface area contributed by atoms with E-state index in [1.807, 2.05) is 26.2 Å². The van der Waals surface area contributed by atoms with Crippen LogP contribution < -0.4 is 0 Å². The third-order valence-electron chi connectivity index (χ3n) is 2.18. The molecule has 14 heavy (non-hydrogen) atoms. The Labute approximate surface area is 83.0 Å². The first-order chi connectivity index (χ1) is 6.66. The zero-order valence-electron chi connectivity index (χ0n) is 8.41. The summed E-state index contributed by atoms with van der Waals surface area (Å²) in [4.78, 5) is 5.29. The van der Waals surface area contributed by atoms with Crippen molar-refractivity contribution in [3.05, 3.63) is 30.0 Å². The SMILES string of the molecule is CN(C)Cc1cc2cccc(O)c2[nH]1. The van der Waals surface area contributed by atoms with Crippen molar-refractivity contribution in [1.82, 2.24) is 9.88 Å².